The predicted molar refractivity (Wildman–Crippen MR) is 116 cm³/mol. The second kappa shape index (κ2) is 9.56. The van der Waals surface area contributed by atoms with Crippen LogP contribution >= 0.6 is 0 Å². The number of sulfonamides is 1. The number of carbonyl (C=O) groups is 1. The second-order valence-electron chi connectivity index (χ2n) is 6.84. The molecule has 0 aliphatic heterocycles. The molecular weight excluding hydrogens is 400 g/mol. The van der Waals surface area contributed by atoms with Crippen LogP contribution in [0.2, 0.25) is 0 Å². The summed E-state index contributed by atoms with van der Waals surface area (Å²) in [5, 5.41) is 2.86. The van der Waals surface area contributed by atoms with Gasteiger partial charge in [-0.2, -0.15) is 0 Å². The van der Waals surface area contributed by atoms with Gasteiger partial charge >= 0.3 is 0 Å². The Hall–Kier alpha value is -3.16. The third kappa shape index (κ3) is 5.46. The molecule has 0 aromatic heterocycles. The van der Waals surface area contributed by atoms with Crippen molar-refractivity contribution in [2.24, 2.45) is 0 Å². The number of hydrogen-bond donors (Lipinski definition) is 2. The molecule has 0 saturated heterocycles. The van der Waals surface area contributed by atoms with E-state index >= 15 is 0 Å². The SMILES string of the molecule is COc1ccccc1C(=O)NCc1ccc(CNS(=O)(=O)c2cccc(C)c2)cc1. The largest absolute Gasteiger partial charge is 0.496 e. The van der Waals surface area contributed by atoms with Gasteiger partial charge in [0.15, 0.2) is 0 Å². The van der Waals surface area contributed by atoms with Gasteiger partial charge in [0.05, 0.1) is 17.6 Å². The first-order valence-corrected chi connectivity index (χ1v) is 10.9. The highest BCUT2D eigenvalue weighted by molar-refractivity contribution is 7.89. The first-order chi connectivity index (χ1) is 14.4. The van der Waals surface area contributed by atoms with E-state index in [2.05, 4.69) is 10.0 Å². The van der Waals surface area contributed by atoms with Crippen LogP contribution in [-0.4, -0.2) is 21.4 Å². The van der Waals surface area contributed by atoms with Crippen LogP contribution < -0.4 is 14.8 Å². The average Bonchev–Trinajstić information content (AvgIpc) is 2.76. The van der Waals surface area contributed by atoms with E-state index in [4.69, 9.17) is 4.74 Å². The maximum absolute atomic E-state index is 12.4. The molecule has 0 unspecified atom stereocenters. The van der Waals surface area contributed by atoms with Gasteiger partial charge in [-0.05, 0) is 47.9 Å². The second-order valence-corrected chi connectivity index (χ2v) is 8.61. The predicted octanol–water partition coefficient (Wildman–Crippen LogP) is 3.41. The smallest absolute Gasteiger partial charge is 0.255 e. The number of benzene rings is 3. The molecule has 0 fully saturated rings. The molecule has 0 saturated carbocycles. The normalized spacial score (nSPS) is 11.1. The van der Waals surface area contributed by atoms with Crippen LogP contribution in [0, 0.1) is 6.92 Å². The van der Waals surface area contributed by atoms with Crippen molar-refractivity contribution in [3.8, 4) is 5.75 Å². The van der Waals surface area contributed by atoms with Gasteiger partial charge in [0.2, 0.25) is 10.0 Å². The fourth-order valence-electron chi connectivity index (χ4n) is 2.93. The third-order valence-corrected chi connectivity index (χ3v) is 5.99. The van der Waals surface area contributed by atoms with E-state index in [1.807, 2.05) is 43.3 Å². The van der Waals surface area contributed by atoms with Gasteiger partial charge < -0.3 is 10.1 Å². The lowest BCUT2D eigenvalue weighted by Crippen LogP contribution is -2.24. The molecule has 3 rings (SSSR count). The number of para-hydroxylation sites is 1. The molecule has 7 heteroatoms. The standard InChI is InChI=1S/C23H24N2O4S/c1-17-6-5-7-20(14-17)30(27,28)25-16-19-12-10-18(11-13-19)15-24-23(26)21-8-3-4-9-22(21)29-2/h3-14,25H,15-16H2,1-2H3,(H,24,26). The molecule has 2 N–H and O–H groups in total. The molecule has 0 aliphatic rings. The number of hydrogen-bond acceptors (Lipinski definition) is 4. The molecule has 1 amide bonds. The quantitative estimate of drug-likeness (QED) is 0.580. The number of ether oxygens (including phenoxy) is 1. The van der Waals surface area contributed by atoms with Crippen LogP contribution in [0.4, 0.5) is 0 Å². The molecule has 0 heterocycles. The number of nitrogens with one attached hydrogen (secondary N) is 2. The van der Waals surface area contributed by atoms with Crippen molar-refractivity contribution in [2.75, 3.05) is 7.11 Å². The minimum atomic E-state index is -3.57. The number of amides is 1. The van der Waals surface area contributed by atoms with Crippen LogP contribution in [0.1, 0.15) is 27.0 Å². The molecule has 3 aromatic rings. The highest BCUT2D eigenvalue weighted by Crippen LogP contribution is 2.17. The van der Waals surface area contributed by atoms with Crippen LogP contribution in [0.3, 0.4) is 0 Å². The summed E-state index contributed by atoms with van der Waals surface area (Å²) in [6, 6.07) is 21.2. The summed E-state index contributed by atoms with van der Waals surface area (Å²) < 4.78 is 32.7. The van der Waals surface area contributed by atoms with Gasteiger partial charge in [0.25, 0.3) is 5.91 Å². The Bertz CT molecular complexity index is 1130. The summed E-state index contributed by atoms with van der Waals surface area (Å²) in [6.07, 6.45) is 0. The minimum Gasteiger partial charge on any atom is -0.496 e. The number of methoxy groups -OCH3 is 1. The van der Waals surface area contributed by atoms with Crippen molar-refractivity contribution in [3.63, 3.8) is 0 Å². The lowest BCUT2D eigenvalue weighted by Gasteiger charge is -2.10. The van der Waals surface area contributed by atoms with Gasteiger partial charge in [0.1, 0.15) is 5.75 Å². The Morgan fingerprint density at radius 2 is 1.57 bits per heavy atom. The molecule has 0 aliphatic carbocycles. The summed E-state index contributed by atoms with van der Waals surface area (Å²) in [5.41, 5.74) is 3.09. The van der Waals surface area contributed by atoms with Crippen LogP contribution in [-0.2, 0) is 23.1 Å². The first-order valence-electron chi connectivity index (χ1n) is 9.44. The molecule has 0 bridgehead atoms. The fraction of sp³-hybridized carbons (Fsp3) is 0.174. The maximum Gasteiger partial charge on any atom is 0.255 e. The van der Waals surface area contributed by atoms with Crippen molar-refractivity contribution >= 4 is 15.9 Å². The van der Waals surface area contributed by atoms with E-state index in [9.17, 15) is 13.2 Å². The summed E-state index contributed by atoms with van der Waals surface area (Å²) in [5.74, 6) is 0.300. The van der Waals surface area contributed by atoms with E-state index in [1.165, 1.54) is 7.11 Å². The lowest BCUT2D eigenvalue weighted by atomic mass is 10.1. The zero-order valence-electron chi connectivity index (χ0n) is 16.9. The Morgan fingerprint density at radius 1 is 0.900 bits per heavy atom. The highest BCUT2D eigenvalue weighted by atomic mass is 32.2. The third-order valence-electron chi connectivity index (χ3n) is 4.59. The van der Waals surface area contributed by atoms with E-state index in [-0.39, 0.29) is 17.3 Å². The fourth-order valence-corrected chi connectivity index (χ4v) is 4.05. The molecule has 6 nitrogen and oxygen atoms in total. The van der Waals surface area contributed by atoms with Gasteiger partial charge in [-0.3, -0.25) is 4.79 Å². The van der Waals surface area contributed by atoms with Gasteiger partial charge in [-0.25, -0.2) is 13.1 Å². The molecule has 0 radical (unpaired) electrons. The summed E-state index contributed by atoms with van der Waals surface area (Å²) in [7, 11) is -2.04. The lowest BCUT2D eigenvalue weighted by molar-refractivity contribution is 0.0948. The van der Waals surface area contributed by atoms with Crippen LogP contribution in [0.5, 0.6) is 5.75 Å². The van der Waals surface area contributed by atoms with Crippen LogP contribution in [0.25, 0.3) is 0 Å². The van der Waals surface area contributed by atoms with Crippen molar-refractivity contribution in [2.45, 2.75) is 24.9 Å². The van der Waals surface area contributed by atoms with E-state index in [0.717, 1.165) is 16.7 Å². The van der Waals surface area contributed by atoms with Crippen molar-refractivity contribution in [1.29, 1.82) is 0 Å². The Labute approximate surface area is 177 Å². The van der Waals surface area contributed by atoms with Crippen molar-refractivity contribution < 1.29 is 17.9 Å². The number of aryl methyl sites for hydroxylation is 1. The van der Waals surface area contributed by atoms with E-state index in [0.29, 0.717) is 17.9 Å². The van der Waals surface area contributed by atoms with Crippen molar-refractivity contribution in [1.82, 2.24) is 10.0 Å². The summed E-state index contributed by atoms with van der Waals surface area (Å²) >= 11 is 0. The van der Waals surface area contributed by atoms with Gasteiger partial charge in [-0.1, -0.05) is 48.5 Å². The molecule has 0 atom stereocenters. The molecule has 3 aromatic carbocycles. The maximum atomic E-state index is 12.4. The first kappa shape index (κ1) is 21.5. The number of carbonyl (C=O) groups excluding carboxylic acids is 1. The Balaban J connectivity index is 1.57. The molecular formula is C23H24N2O4S. The highest BCUT2D eigenvalue weighted by Gasteiger charge is 2.14. The average molecular weight is 425 g/mol. The summed E-state index contributed by atoms with van der Waals surface area (Å²) in [6.45, 7) is 2.39. The Kier molecular flexibility index (Phi) is 6.87. The molecule has 156 valence electrons. The van der Waals surface area contributed by atoms with Gasteiger partial charge in [-0.15, -0.1) is 0 Å². The van der Waals surface area contributed by atoms with Crippen LogP contribution in [0.15, 0.2) is 77.7 Å². The summed E-state index contributed by atoms with van der Waals surface area (Å²) in [4.78, 5) is 12.6. The molecule has 0 spiro atoms. The monoisotopic (exact) mass is 424 g/mol. The van der Waals surface area contributed by atoms with E-state index in [1.54, 1.807) is 36.4 Å². The number of rotatable bonds is 8. The van der Waals surface area contributed by atoms with Gasteiger partial charge in [0, 0.05) is 13.1 Å². The zero-order valence-corrected chi connectivity index (χ0v) is 17.7. The minimum absolute atomic E-state index is 0.185. The Morgan fingerprint density at radius 3 is 2.23 bits per heavy atom. The topological polar surface area (TPSA) is 84.5 Å². The van der Waals surface area contributed by atoms with E-state index < -0.39 is 10.0 Å². The van der Waals surface area contributed by atoms with Crippen molar-refractivity contribution in [3.05, 3.63) is 95.1 Å². The zero-order chi connectivity index (χ0) is 21.6. The molecule has 30 heavy (non-hydrogen) atoms.